The molecular formula is C27H31FN6O3S. The van der Waals surface area contributed by atoms with Gasteiger partial charge in [-0.15, -0.1) is 10.2 Å². The first-order chi connectivity index (χ1) is 17.8. The standard InChI is InChI=1S/C26H27FN6O3S.CH4/c1-17-14-24-25(16-21(17)22-15-19(34)6-9-23(22)27)31-32-26(30-24)29-18-4-7-20(8-5-18)37(35,36)28-10-13-33-11-2-3-12-33;/h4-9,14-16,28,34H,2-3,10-13H2,1H3,(H,29,30,32);1H4. The highest BCUT2D eigenvalue weighted by Crippen LogP contribution is 2.31. The van der Waals surface area contributed by atoms with E-state index in [0.717, 1.165) is 31.5 Å². The molecule has 0 amide bonds. The lowest BCUT2D eigenvalue weighted by Gasteiger charge is -2.15. The molecule has 5 rings (SSSR count). The number of halogens is 1. The molecule has 38 heavy (non-hydrogen) atoms. The number of hydrogen-bond acceptors (Lipinski definition) is 8. The largest absolute Gasteiger partial charge is 0.508 e. The smallest absolute Gasteiger partial charge is 0.247 e. The van der Waals surface area contributed by atoms with Gasteiger partial charge in [0.25, 0.3) is 0 Å². The van der Waals surface area contributed by atoms with Gasteiger partial charge in [0.2, 0.25) is 16.0 Å². The molecule has 0 unspecified atom stereocenters. The van der Waals surface area contributed by atoms with Crippen molar-refractivity contribution in [2.24, 2.45) is 0 Å². The maximum atomic E-state index is 14.4. The van der Waals surface area contributed by atoms with Gasteiger partial charge in [-0.1, -0.05) is 7.43 Å². The fourth-order valence-electron chi connectivity index (χ4n) is 4.43. The van der Waals surface area contributed by atoms with Gasteiger partial charge in [-0.3, -0.25) is 0 Å². The molecule has 0 aliphatic carbocycles. The van der Waals surface area contributed by atoms with Gasteiger partial charge >= 0.3 is 0 Å². The minimum Gasteiger partial charge on any atom is -0.508 e. The summed E-state index contributed by atoms with van der Waals surface area (Å²) in [6.45, 7) is 4.94. The molecule has 0 saturated carbocycles. The van der Waals surface area contributed by atoms with Crippen LogP contribution in [0.5, 0.6) is 5.75 Å². The molecule has 0 atom stereocenters. The quantitative estimate of drug-likeness (QED) is 0.298. The number of fused-ring (bicyclic) bond motifs is 1. The molecule has 11 heteroatoms. The van der Waals surface area contributed by atoms with E-state index in [9.17, 15) is 17.9 Å². The first-order valence-corrected chi connectivity index (χ1v) is 13.5. The van der Waals surface area contributed by atoms with Gasteiger partial charge in [0.15, 0.2) is 0 Å². The number of nitrogens with one attached hydrogen (secondary N) is 2. The van der Waals surface area contributed by atoms with Crippen molar-refractivity contribution in [2.45, 2.75) is 32.1 Å². The second kappa shape index (κ2) is 11.4. The normalized spacial score (nSPS) is 13.9. The van der Waals surface area contributed by atoms with Crippen LogP contribution in [0.15, 0.2) is 59.5 Å². The van der Waals surface area contributed by atoms with Gasteiger partial charge in [-0.05, 0) is 98.6 Å². The molecule has 1 aromatic heterocycles. The van der Waals surface area contributed by atoms with E-state index in [-0.39, 0.29) is 29.6 Å². The molecule has 2 heterocycles. The SMILES string of the molecule is C.Cc1cc2nc(Nc3ccc(S(=O)(=O)NCCN4CCCC4)cc3)nnc2cc1-c1cc(O)ccc1F. The molecule has 1 aliphatic rings. The van der Waals surface area contributed by atoms with Crippen LogP contribution >= 0.6 is 0 Å². The van der Waals surface area contributed by atoms with Gasteiger partial charge in [0.05, 0.1) is 10.4 Å². The number of likely N-dealkylation sites (tertiary alicyclic amines) is 1. The summed E-state index contributed by atoms with van der Waals surface area (Å²) >= 11 is 0. The first-order valence-electron chi connectivity index (χ1n) is 12.0. The average molecular weight is 539 g/mol. The fourth-order valence-corrected chi connectivity index (χ4v) is 5.45. The minimum atomic E-state index is -3.60. The highest BCUT2D eigenvalue weighted by Gasteiger charge is 2.16. The van der Waals surface area contributed by atoms with Crippen LogP contribution in [0.4, 0.5) is 16.0 Å². The monoisotopic (exact) mass is 538 g/mol. The molecular weight excluding hydrogens is 507 g/mol. The molecule has 0 bridgehead atoms. The van der Waals surface area contributed by atoms with Crippen molar-refractivity contribution >= 4 is 32.7 Å². The number of aromatic hydroxyl groups is 1. The fraction of sp³-hybridized carbons (Fsp3) is 0.296. The molecule has 9 nitrogen and oxygen atoms in total. The van der Waals surface area contributed by atoms with Crippen LogP contribution in [0.3, 0.4) is 0 Å². The summed E-state index contributed by atoms with van der Waals surface area (Å²) in [5.74, 6) is -0.245. The molecule has 200 valence electrons. The molecule has 0 radical (unpaired) electrons. The van der Waals surface area contributed by atoms with Gasteiger partial charge < -0.3 is 15.3 Å². The Kier molecular flexibility index (Phi) is 8.20. The maximum Gasteiger partial charge on any atom is 0.247 e. The molecule has 3 N–H and O–H groups in total. The van der Waals surface area contributed by atoms with Gasteiger partial charge in [-0.2, -0.15) is 0 Å². The molecule has 1 fully saturated rings. The van der Waals surface area contributed by atoms with E-state index in [4.69, 9.17) is 0 Å². The lowest BCUT2D eigenvalue weighted by Crippen LogP contribution is -2.33. The van der Waals surface area contributed by atoms with Gasteiger partial charge in [0, 0.05) is 24.3 Å². The van der Waals surface area contributed by atoms with Crippen molar-refractivity contribution in [2.75, 3.05) is 31.5 Å². The Balaban J connectivity index is 0.00000336. The zero-order chi connectivity index (χ0) is 26.0. The first kappa shape index (κ1) is 27.4. The number of rotatable bonds is 8. The van der Waals surface area contributed by atoms with Crippen LogP contribution < -0.4 is 10.0 Å². The molecule has 1 saturated heterocycles. The Morgan fingerprint density at radius 3 is 2.45 bits per heavy atom. The topological polar surface area (TPSA) is 120 Å². The zero-order valence-electron chi connectivity index (χ0n) is 20.3. The molecule has 1 aliphatic heterocycles. The summed E-state index contributed by atoms with van der Waals surface area (Å²) in [5.41, 5.74) is 3.24. The summed E-state index contributed by atoms with van der Waals surface area (Å²) in [6, 6.07) is 13.7. The lowest BCUT2D eigenvalue weighted by molar-refractivity contribution is 0.344. The summed E-state index contributed by atoms with van der Waals surface area (Å²) in [5, 5.41) is 21.1. The number of benzene rings is 3. The Bertz CT molecular complexity index is 1540. The van der Waals surface area contributed by atoms with Crippen LogP contribution in [0.2, 0.25) is 0 Å². The Labute approximate surface area is 221 Å². The van der Waals surface area contributed by atoms with Gasteiger partial charge in [-0.25, -0.2) is 22.5 Å². The van der Waals surface area contributed by atoms with E-state index in [1.165, 1.54) is 30.3 Å². The van der Waals surface area contributed by atoms with Crippen LogP contribution in [0.1, 0.15) is 25.8 Å². The molecule has 4 aromatic rings. The van der Waals surface area contributed by atoms with Crippen molar-refractivity contribution < 1.29 is 17.9 Å². The Hall–Kier alpha value is -3.67. The van der Waals surface area contributed by atoms with Crippen molar-refractivity contribution in [3.05, 3.63) is 66.0 Å². The number of aryl methyl sites for hydroxylation is 1. The minimum absolute atomic E-state index is 0. The zero-order valence-corrected chi connectivity index (χ0v) is 21.1. The lowest BCUT2D eigenvalue weighted by atomic mass is 9.99. The number of aromatic nitrogens is 3. The Morgan fingerprint density at radius 1 is 0.974 bits per heavy atom. The maximum absolute atomic E-state index is 14.4. The average Bonchev–Trinajstić information content (AvgIpc) is 3.39. The van der Waals surface area contributed by atoms with Crippen LogP contribution in [0.25, 0.3) is 22.2 Å². The van der Waals surface area contributed by atoms with E-state index in [1.807, 2.05) is 6.92 Å². The summed E-state index contributed by atoms with van der Waals surface area (Å²) < 4.78 is 42.2. The Morgan fingerprint density at radius 2 is 1.71 bits per heavy atom. The van der Waals surface area contributed by atoms with E-state index in [0.29, 0.717) is 35.4 Å². The number of phenolic OH excluding ortho intramolecular Hbond substituents is 1. The number of phenols is 1. The highest BCUT2D eigenvalue weighted by atomic mass is 32.2. The third-order valence-electron chi connectivity index (χ3n) is 6.38. The van der Waals surface area contributed by atoms with Crippen LogP contribution in [-0.2, 0) is 10.0 Å². The molecule has 3 aromatic carbocycles. The number of sulfonamides is 1. The third-order valence-corrected chi connectivity index (χ3v) is 7.86. The third kappa shape index (κ3) is 6.07. The number of anilines is 2. The highest BCUT2D eigenvalue weighted by molar-refractivity contribution is 7.89. The van der Waals surface area contributed by atoms with Crippen molar-refractivity contribution in [1.82, 2.24) is 24.8 Å². The van der Waals surface area contributed by atoms with Crippen LogP contribution in [-0.4, -0.2) is 59.8 Å². The second-order valence-corrected chi connectivity index (χ2v) is 10.8. The number of hydrogen-bond donors (Lipinski definition) is 3. The van der Waals surface area contributed by atoms with E-state index < -0.39 is 15.8 Å². The van der Waals surface area contributed by atoms with Crippen LogP contribution in [0, 0.1) is 12.7 Å². The molecule has 0 spiro atoms. The van der Waals surface area contributed by atoms with E-state index in [1.54, 1.807) is 24.3 Å². The summed E-state index contributed by atoms with van der Waals surface area (Å²) in [6.07, 6.45) is 2.33. The van der Waals surface area contributed by atoms with E-state index >= 15 is 0 Å². The summed E-state index contributed by atoms with van der Waals surface area (Å²) in [4.78, 5) is 6.92. The second-order valence-electron chi connectivity index (χ2n) is 9.05. The van der Waals surface area contributed by atoms with Crippen molar-refractivity contribution in [3.8, 4) is 16.9 Å². The summed E-state index contributed by atoms with van der Waals surface area (Å²) in [7, 11) is -3.60. The predicted molar refractivity (Wildman–Crippen MR) is 146 cm³/mol. The predicted octanol–water partition coefficient (Wildman–Crippen LogP) is 4.60. The van der Waals surface area contributed by atoms with Crippen molar-refractivity contribution in [1.29, 1.82) is 0 Å². The number of nitrogens with zero attached hydrogens (tertiary/aromatic N) is 4. The van der Waals surface area contributed by atoms with Crippen molar-refractivity contribution in [3.63, 3.8) is 0 Å². The van der Waals surface area contributed by atoms with E-state index in [2.05, 4.69) is 30.1 Å². The van der Waals surface area contributed by atoms with Gasteiger partial charge in [0.1, 0.15) is 17.1 Å².